The quantitative estimate of drug-likeness (QED) is 0.601. The Morgan fingerprint density at radius 2 is 1.92 bits per heavy atom. The molecule has 0 aliphatic rings. The number of carbonyl (C=O) groups is 2. The first-order valence-electron chi connectivity index (χ1n) is 7.78. The molecule has 0 saturated carbocycles. The van der Waals surface area contributed by atoms with Gasteiger partial charge in [-0.1, -0.05) is 41.9 Å². The van der Waals surface area contributed by atoms with Crippen LogP contribution >= 0.6 is 22.9 Å². The predicted octanol–water partition coefficient (Wildman–Crippen LogP) is 4.51. The predicted molar refractivity (Wildman–Crippen MR) is 100.0 cm³/mol. The lowest BCUT2D eigenvalue weighted by atomic mass is 10.2. The van der Waals surface area contributed by atoms with Crippen molar-refractivity contribution in [3.05, 3.63) is 69.8 Å². The molecule has 0 spiro atoms. The molecule has 3 rings (SSSR count). The smallest absolute Gasteiger partial charge is 0.350 e. The monoisotopic (exact) mass is 391 g/mol. The molecule has 0 saturated heterocycles. The maximum absolute atomic E-state index is 13.3. The Hall–Kier alpha value is -2.44. The normalized spacial score (nSPS) is 10.7. The van der Waals surface area contributed by atoms with E-state index in [9.17, 15) is 14.0 Å². The molecule has 0 unspecified atom stereocenters. The average Bonchev–Trinajstić information content (AvgIpc) is 2.96. The van der Waals surface area contributed by atoms with Crippen LogP contribution in [0.15, 0.2) is 48.5 Å². The summed E-state index contributed by atoms with van der Waals surface area (Å²) in [6.45, 7) is 0.0290. The summed E-state index contributed by atoms with van der Waals surface area (Å²) in [7, 11) is 1.64. The van der Waals surface area contributed by atoms with Gasteiger partial charge >= 0.3 is 5.97 Å². The molecule has 0 radical (unpaired) electrons. The van der Waals surface area contributed by atoms with E-state index in [4.69, 9.17) is 16.3 Å². The van der Waals surface area contributed by atoms with Crippen LogP contribution in [-0.2, 0) is 16.1 Å². The Balaban J connectivity index is 1.63. The Labute approximate surface area is 158 Å². The Morgan fingerprint density at radius 1 is 1.19 bits per heavy atom. The zero-order valence-corrected chi connectivity index (χ0v) is 15.4. The number of thiophene rings is 1. The highest BCUT2D eigenvalue weighted by Crippen LogP contribution is 2.36. The fourth-order valence-corrected chi connectivity index (χ4v) is 3.85. The first kappa shape index (κ1) is 18.4. The van der Waals surface area contributed by atoms with Gasteiger partial charge in [-0.3, -0.25) is 4.79 Å². The minimum Gasteiger partial charge on any atom is -0.451 e. The summed E-state index contributed by atoms with van der Waals surface area (Å²) in [5.74, 6) is -1.43. The molecule has 134 valence electrons. The third-order valence-electron chi connectivity index (χ3n) is 3.79. The molecule has 3 aromatic rings. The molecule has 0 aliphatic heterocycles. The summed E-state index contributed by atoms with van der Waals surface area (Å²) in [5, 5.41) is 0.789. The highest BCUT2D eigenvalue weighted by Gasteiger charge is 2.20. The zero-order valence-electron chi connectivity index (χ0n) is 13.9. The van der Waals surface area contributed by atoms with Gasteiger partial charge in [0.1, 0.15) is 10.7 Å². The number of benzene rings is 2. The number of hydrogen-bond acceptors (Lipinski definition) is 4. The average molecular weight is 392 g/mol. The van der Waals surface area contributed by atoms with Crippen LogP contribution in [-0.4, -0.2) is 30.4 Å². The van der Waals surface area contributed by atoms with E-state index in [2.05, 4.69) is 0 Å². The Bertz CT molecular complexity index is 958. The van der Waals surface area contributed by atoms with Crippen molar-refractivity contribution in [3.8, 4) is 0 Å². The van der Waals surface area contributed by atoms with Crippen LogP contribution in [0.2, 0.25) is 5.02 Å². The van der Waals surface area contributed by atoms with Crippen molar-refractivity contribution in [1.82, 2.24) is 4.90 Å². The van der Waals surface area contributed by atoms with Crippen molar-refractivity contribution >= 4 is 44.9 Å². The number of fused-ring (bicyclic) bond motifs is 1. The molecule has 1 amide bonds. The van der Waals surface area contributed by atoms with Gasteiger partial charge in [0.05, 0.1) is 5.02 Å². The van der Waals surface area contributed by atoms with Gasteiger partial charge in [0.25, 0.3) is 5.91 Å². The van der Waals surface area contributed by atoms with E-state index < -0.39 is 11.8 Å². The summed E-state index contributed by atoms with van der Waals surface area (Å²) in [6, 6.07) is 13.6. The van der Waals surface area contributed by atoms with E-state index in [-0.39, 0.29) is 22.4 Å². The van der Waals surface area contributed by atoms with Crippen molar-refractivity contribution in [2.45, 2.75) is 6.54 Å². The maximum atomic E-state index is 13.3. The summed E-state index contributed by atoms with van der Waals surface area (Å²) in [5.41, 5.74) is 0.976. The maximum Gasteiger partial charge on any atom is 0.350 e. The number of ether oxygens (including phenoxy) is 1. The van der Waals surface area contributed by atoms with Gasteiger partial charge in [0, 0.05) is 23.7 Å². The number of halogens is 2. The second-order valence-electron chi connectivity index (χ2n) is 5.70. The standard InChI is InChI=1S/C19H15ClFNO3S/c1-22(10-12-5-3-2-4-6-12)16(23)11-25-19(24)18-17(20)14-8-7-13(21)9-15(14)26-18/h2-9H,10-11H2,1H3. The molecule has 7 heteroatoms. The van der Waals surface area contributed by atoms with Crippen LogP contribution in [0.3, 0.4) is 0 Å². The van der Waals surface area contributed by atoms with Crippen LogP contribution in [0.5, 0.6) is 0 Å². The Morgan fingerprint density at radius 3 is 2.65 bits per heavy atom. The third kappa shape index (κ3) is 4.03. The summed E-state index contributed by atoms with van der Waals surface area (Å²) in [6.07, 6.45) is 0. The first-order valence-corrected chi connectivity index (χ1v) is 8.97. The molecular weight excluding hydrogens is 377 g/mol. The van der Waals surface area contributed by atoms with Gasteiger partial charge in [0.2, 0.25) is 0 Å². The molecule has 0 fully saturated rings. The van der Waals surface area contributed by atoms with Crippen molar-refractivity contribution in [1.29, 1.82) is 0 Å². The molecular formula is C19H15ClFNO3S. The van der Waals surface area contributed by atoms with E-state index in [1.54, 1.807) is 7.05 Å². The topological polar surface area (TPSA) is 46.6 Å². The lowest BCUT2D eigenvalue weighted by Gasteiger charge is -2.17. The number of esters is 1. The van der Waals surface area contributed by atoms with Gasteiger partial charge in [-0.05, 0) is 23.8 Å². The van der Waals surface area contributed by atoms with Crippen molar-refractivity contribution in [3.63, 3.8) is 0 Å². The first-order chi connectivity index (χ1) is 12.5. The van der Waals surface area contributed by atoms with Crippen LogP contribution < -0.4 is 0 Å². The number of amides is 1. The molecule has 2 aromatic carbocycles. The van der Waals surface area contributed by atoms with Crippen LogP contribution in [0.1, 0.15) is 15.2 Å². The summed E-state index contributed by atoms with van der Waals surface area (Å²) in [4.78, 5) is 26.0. The van der Waals surface area contributed by atoms with Gasteiger partial charge in [0.15, 0.2) is 6.61 Å². The van der Waals surface area contributed by atoms with E-state index in [1.165, 1.54) is 23.1 Å². The lowest BCUT2D eigenvalue weighted by molar-refractivity contribution is -0.133. The van der Waals surface area contributed by atoms with E-state index >= 15 is 0 Å². The Kier molecular flexibility index (Phi) is 5.54. The highest BCUT2D eigenvalue weighted by molar-refractivity contribution is 7.21. The minimum absolute atomic E-state index is 0.158. The van der Waals surface area contributed by atoms with Gasteiger partial charge in [-0.2, -0.15) is 0 Å². The molecule has 4 nitrogen and oxygen atoms in total. The molecule has 0 aliphatic carbocycles. The second-order valence-corrected chi connectivity index (χ2v) is 7.13. The molecule has 1 heterocycles. The van der Waals surface area contributed by atoms with E-state index in [0.29, 0.717) is 16.6 Å². The number of rotatable bonds is 5. The number of carbonyl (C=O) groups excluding carboxylic acids is 2. The highest BCUT2D eigenvalue weighted by atomic mass is 35.5. The van der Waals surface area contributed by atoms with Gasteiger partial charge < -0.3 is 9.64 Å². The molecule has 26 heavy (non-hydrogen) atoms. The summed E-state index contributed by atoms with van der Waals surface area (Å²) >= 11 is 7.22. The minimum atomic E-state index is -0.696. The van der Waals surface area contributed by atoms with Crippen LogP contribution in [0.25, 0.3) is 10.1 Å². The second kappa shape index (κ2) is 7.85. The fraction of sp³-hybridized carbons (Fsp3) is 0.158. The lowest BCUT2D eigenvalue weighted by Crippen LogP contribution is -2.30. The van der Waals surface area contributed by atoms with E-state index in [0.717, 1.165) is 16.9 Å². The van der Waals surface area contributed by atoms with Crippen molar-refractivity contribution in [2.75, 3.05) is 13.7 Å². The SMILES string of the molecule is CN(Cc1ccccc1)C(=O)COC(=O)c1sc2cc(F)ccc2c1Cl. The fourth-order valence-electron chi connectivity index (χ4n) is 2.42. The number of likely N-dealkylation sites (N-methyl/N-ethyl adjacent to an activating group) is 1. The van der Waals surface area contributed by atoms with Crippen LogP contribution in [0, 0.1) is 5.82 Å². The van der Waals surface area contributed by atoms with Gasteiger partial charge in [-0.15, -0.1) is 11.3 Å². The molecule has 1 aromatic heterocycles. The number of hydrogen-bond donors (Lipinski definition) is 0. The number of nitrogens with zero attached hydrogens (tertiary/aromatic N) is 1. The molecule has 0 bridgehead atoms. The summed E-state index contributed by atoms with van der Waals surface area (Å²) < 4.78 is 18.9. The van der Waals surface area contributed by atoms with Crippen molar-refractivity contribution in [2.24, 2.45) is 0 Å². The molecule has 0 atom stereocenters. The third-order valence-corrected chi connectivity index (χ3v) is 5.43. The largest absolute Gasteiger partial charge is 0.451 e. The van der Waals surface area contributed by atoms with Crippen LogP contribution in [0.4, 0.5) is 4.39 Å². The van der Waals surface area contributed by atoms with E-state index in [1.807, 2.05) is 30.3 Å². The van der Waals surface area contributed by atoms with Crippen molar-refractivity contribution < 1.29 is 18.7 Å². The van der Waals surface area contributed by atoms with Gasteiger partial charge in [-0.25, -0.2) is 9.18 Å². The zero-order chi connectivity index (χ0) is 18.7. The molecule has 0 N–H and O–H groups in total.